The first-order valence-electron chi connectivity index (χ1n) is 10.6. The van der Waals surface area contributed by atoms with E-state index in [1.54, 1.807) is 12.1 Å². The van der Waals surface area contributed by atoms with E-state index in [9.17, 15) is 18.0 Å². The van der Waals surface area contributed by atoms with Gasteiger partial charge in [0.25, 0.3) is 5.91 Å². The van der Waals surface area contributed by atoms with Crippen molar-refractivity contribution in [3.05, 3.63) is 48.0 Å². The molecule has 2 amide bonds. The van der Waals surface area contributed by atoms with Crippen LogP contribution in [-0.4, -0.2) is 61.0 Å². The number of hydrogen-bond acceptors (Lipinski definition) is 6. The fraction of sp³-hybridized carbons (Fsp3) is 0.348. The molecule has 3 aromatic rings. The first kappa shape index (κ1) is 22.9. The number of amides is 2. The third-order valence-electron chi connectivity index (χ3n) is 5.64. The summed E-state index contributed by atoms with van der Waals surface area (Å²) in [6.45, 7) is 0.270. The van der Waals surface area contributed by atoms with E-state index in [2.05, 4.69) is 10.6 Å². The number of sulfone groups is 1. The smallest absolute Gasteiger partial charge is 0.251 e. The van der Waals surface area contributed by atoms with Crippen LogP contribution in [0.15, 0.2) is 42.5 Å². The van der Waals surface area contributed by atoms with Crippen LogP contribution in [0.1, 0.15) is 23.2 Å². The molecule has 1 aliphatic rings. The summed E-state index contributed by atoms with van der Waals surface area (Å²) < 4.78 is 30.4. The van der Waals surface area contributed by atoms with Crippen LogP contribution >= 0.6 is 0 Å². The summed E-state index contributed by atoms with van der Waals surface area (Å²) in [4.78, 5) is 30.1. The topological polar surface area (TPSA) is 119 Å². The normalized spacial score (nSPS) is 17.2. The molecule has 1 aliphatic heterocycles. The minimum Gasteiger partial charge on any atom is -0.384 e. The van der Waals surface area contributed by atoms with E-state index in [0.717, 1.165) is 5.56 Å². The highest BCUT2D eigenvalue weighted by atomic mass is 32.2. The van der Waals surface area contributed by atoms with Crippen molar-refractivity contribution in [2.24, 2.45) is 7.05 Å². The zero-order valence-corrected chi connectivity index (χ0v) is 19.3. The van der Waals surface area contributed by atoms with Crippen LogP contribution in [0.3, 0.4) is 0 Å². The van der Waals surface area contributed by atoms with Crippen molar-refractivity contribution < 1.29 is 22.7 Å². The average Bonchev–Trinajstić information content (AvgIpc) is 3.31. The van der Waals surface area contributed by atoms with Crippen molar-refractivity contribution >= 4 is 38.4 Å². The van der Waals surface area contributed by atoms with E-state index in [0.29, 0.717) is 34.5 Å². The Kier molecular flexibility index (Phi) is 6.48. The highest BCUT2D eigenvalue weighted by Crippen LogP contribution is 2.30. The molecule has 2 N–H and O–H groups in total. The Morgan fingerprint density at radius 2 is 1.97 bits per heavy atom. The lowest BCUT2D eigenvalue weighted by Crippen LogP contribution is -2.35. The molecule has 1 saturated heterocycles. The number of nitrogens with one attached hydrogen (secondary N) is 2. The van der Waals surface area contributed by atoms with Crippen molar-refractivity contribution in [2.45, 2.75) is 18.9 Å². The van der Waals surface area contributed by atoms with E-state index >= 15 is 0 Å². The van der Waals surface area contributed by atoms with E-state index in [1.165, 1.54) is 7.11 Å². The lowest BCUT2D eigenvalue weighted by atomic mass is 10.1. The molecule has 1 atom stereocenters. The van der Waals surface area contributed by atoms with Crippen molar-refractivity contribution in [3.8, 4) is 11.4 Å². The molecule has 4 rings (SSSR count). The van der Waals surface area contributed by atoms with Crippen molar-refractivity contribution in [1.29, 1.82) is 0 Å². The van der Waals surface area contributed by atoms with Gasteiger partial charge in [-0.1, -0.05) is 30.3 Å². The molecule has 1 unspecified atom stereocenters. The highest BCUT2D eigenvalue weighted by Gasteiger charge is 2.29. The van der Waals surface area contributed by atoms with Gasteiger partial charge >= 0.3 is 0 Å². The molecule has 174 valence electrons. The van der Waals surface area contributed by atoms with Gasteiger partial charge in [0.05, 0.1) is 41.3 Å². The first-order chi connectivity index (χ1) is 15.8. The van der Waals surface area contributed by atoms with Crippen LogP contribution in [0, 0.1) is 0 Å². The van der Waals surface area contributed by atoms with Crippen LogP contribution in [0.2, 0.25) is 0 Å². The van der Waals surface area contributed by atoms with Gasteiger partial charge in [0.1, 0.15) is 5.82 Å². The maximum Gasteiger partial charge on any atom is 0.251 e. The fourth-order valence-corrected chi connectivity index (χ4v) is 5.68. The molecule has 0 bridgehead atoms. The number of nitrogens with zero attached hydrogens (tertiary/aromatic N) is 2. The number of fused-ring (bicyclic) bond motifs is 1. The summed E-state index contributed by atoms with van der Waals surface area (Å²) >= 11 is 0. The van der Waals surface area contributed by atoms with Crippen LogP contribution < -0.4 is 10.6 Å². The van der Waals surface area contributed by atoms with Crippen LogP contribution in [-0.2, 0) is 26.4 Å². The molecule has 9 nitrogen and oxygen atoms in total. The number of methoxy groups -OCH3 is 1. The summed E-state index contributed by atoms with van der Waals surface area (Å²) in [6, 6.07) is 12.4. The van der Waals surface area contributed by atoms with Gasteiger partial charge in [-0.05, 0) is 18.6 Å². The molecule has 33 heavy (non-hydrogen) atoms. The van der Waals surface area contributed by atoms with Crippen molar-refractivity contribution in [2.75, 3.05) is 30.5 Å². The molecule has 0 spiro atoms. The molecule has 1 fully saturated rings. The van der Waals surface area contributed by atoms with E-state index in [1.807, 2.05) is 41.9 Å². The predicted octanol–water partition coefficient (Wildman–Crippen LogP) is 2.13. The highest BCUT2D eigenvalue weighted by molar-refractivity contribution is 7.91. The van der Waals surface area contributed by atoms with Crippen molar-refractivity contribution in [1.82, 2.24) is 14.9 Å². The quantitative estimate of drug-likeness (QED) is 0.546. The van der Waals surface area contributed by atoms with Crippen LogP contribution in [0.25, 0.3) is 22.4 Å². The number of imidazole rings is 1. The van der Waals surface area contributed by atoms with Gasteiger partial charge in [0.2, 0.25) is 5.91 Å². The summed E-state index contributed by atoms with van der Waals surface area (Å²) in [5.41, 5.74) is 2.88. The fourth-order valence-electron chi connectivity index (χ4n) is 4.01. The molecular formula is C23H26N4O5S. The SMILES string of the molecule is COCCC(=O)Nc1cc(C(=O)NC2CCS(=O)(=O)C2)cc2nc(-c3ccccc3)n(C)c12. The average molecular weight is 471 g/mol. The standard InChI is InChI=1S/C23H26N4O5S/c1-27-21-18(25-20(28)8-10-32-2)12-16(23(29)24-17-9-11-33(30,31)14-17)13-19(21)26-22(27)15-6-4-3-5-7-15/h3-7,12-13,17H,8-11,14H2,1-2H3,(H,24,29)(H,25,28). The van der Waals surface area contributed by atoms with Gasteiger partial charge in [0.15, 0.2) is 9.84 Å². The summed E-state index contributed by atoms with van der Waals surface area (Å²) in [7, 11) is 0.250. The van der Waals surface area contributed by atoms with Gasteiger partial charge in [-0.15, -0.1) is 0 Å². The second kappa shape index (κ2) is 9.32. The molecule has 0 aliphatic carbocycles. The van der Waals surface area contributed by atoms with Gasteiger partial charge in [-0.2, -0.15) is 0 Å². The van der Waals surface area contributed by atoms with Gasteiger partial charge in [-0.25, -0.2) is 13.4 Å². The summed E-state index contributed by atoms with van der Waals surface area (Å²) in [6.07, 6.45) is 0.552. The van der Waals surface area contributed by atoms with Gasteiger partial charge in [-0.3, -0.25) is 9.59 Å². The Morgan fingerprint density at radius 1 is 1.21 bits per heavy atom. The Hall–Kier alpha value is -3.24. The largest absolute Gasteiger partial charge is 0.384 e. The first-order valence-corrected chi connectivity index (χ1v) is 12.5. The van der Waals surface area contributed by atoms with Gasteiger partial charge < -0.3 is 19.9 Å². The summed E-state index contributed by atoms with van der Waals surface area (Å²) in [5.74, 6) is 0.0396. The molecule has 10 heteroatoms. The number of carbonyl (C=O) groups is 2. The molecular weight excluding hydrogens is 444 g/mol. The van der Waals surface area contributed by atoms with Crippen LogP contribution in [0.4, 0.5) is 5.69 Å². The lowest BCUT2D eigenvalue weighted by molar-refractivity contribution is -0.117. The maximum absolute atomic E-state index is 13.0. The number of ether oxygens (including phenoxy) is 1. The zero-order chi connectivity index (χ0) is 23.6. The molecule has 1 aromatic heterocycles. The Morgan fingerprint density at radius 3 is 2.64 bits per heavy atom. The number of hydrogen-bond donors (Lipinski definition) is 2. The number of aromatic nitrogens is 2. The second-order valence-electron chi connectivity index (χ2n) is 8.12. The Bertz CT molecular complexity index is 1300. The lowest BCUT2D eigenvalue weighted by Gasteiger charge is -2.13. The maximum atomic E-state index is 13.0. The Labute approximate surface area is 192 Å². The number of benzene rings is 2. The second-order valence-corrected chi connectivity index (χ2v) is 10.3. The molecule has 2 heterocycles. The number of aryl methyl sites for hydroxylation is 1. The number of rotatable bonds is 7. The number of carbonyl (C=O) groups excluding carboxylic acids is 2. The van der Waals surface area contributed by atoms with Crippen molar-refractivity contribution in [3.63, 3.8) is 0 Å². The summed E-state index contributed by atoms with van der Waals surface area (Å²) in [5, 5.41) is 5.67. The minimum absolute atomic E-state index is 0.0661. The predicted molar refractivity (Wildman–Crippen MR) is 126 cm³/mol. The monoisotopic (exact) mass is 470 g/mol. The van der Waals surface area contributed by atoms with E-state index in [4.69, 9.17) is 9.72 Å². The number of anilines is 1. The third-order valence-corrected chi connectivity index (χ3v) is 7.41. The molecule has 0 saturated carbocycles. The Balaban J connectivity index is 1.73. The van der Waals surface area contributed by atoms with Gasteiger partial charge in [0, 0.05) is 31.3 Å². The molecule has 2 aromatic carbocycles. The van der Waals surface area contributed by atoms with E-state index < -0.39 is 21.8 Å². The third kappa shape index (κ3) is 5.07. The molecule has 0 radical (unpaired) electrons. The minimum atomic E-state index is -3.12. The van der Waals surface area contributed by atoms with Crippen LogP contribution in [0.5, 0.6) is 0 Å². The zero-order valence-electron chi connectivity index (χ0n) is 18.5. The van der Waals surface area contributed by atoms with E-state index in [-0.39, 0.29) is 30.4 Å².